The summed E-state index contributed by atoms with van der Waals surface area (Å²) in [5.41, 5.74) is 2.57. The number of amides is 1. The van der Waals surface area contributed by atoms with E-state index in [1.807, 2.05) is 72.8 Å². The number of rotatable bonds is 6. The number of carbonyl (C=O) groups is 1. The van der Waals surface area contributed by atoms with Gasteiger partial charge in [-0.1, -0.05) is 54.6 Å². The first-order chi connectivity index (χ1) is 14.8. The molecule has 3 aromatic carbocycles. The first kappa shape index (κ1) is 18.3. The van der Waals surface area contributed by atoms with Crippen LogP contribution in [0.2, 0.25) is 0 Å². The molecule has 5 heteroatoms. The van der Waals surface area contributed by atoms with Crippen LogP contribution in [0, 0.1) is 0 Å². The lowest BCUT2D eigenvalue weighted by atomic mass is 10.1. The van der Waals surface area contributed by atoms with Crippen molar-refractivity contribution in [1.29, 1.82) is 0 Å². The van der Waals surface area contributed by atoms with Gasteiger partial charge in [-0.2, -0.15) is 0 Å². The Bertz CT molecular complexity index is 1160. The lowest BCUT2D eigenvalue weighted by Gasteiger charge is -2.12. The molecule has 1 N–H and O–H groups in total. The molecule has 0 saturated heterocycles. The van der Waals surface area contributed by atoms with Gasteiger partial charge in [0.15, 0.2) is 5.76 Å². The highest BCUT2D eigenvalue weighted by molar-refractivity contribution is 5.99. The van der Waals surface area contributed by atoms with Gasteiger partial charge in [0.1, 0.15) is 29.8 Å². The maximum Gasteiger partial charge on any atom is 0.287 e. The van der Waals surface area contributed by atoms with E-state index >= 15 is 0 Å². The number of furan rings is 1. The summed E-state index contributed by atoms with van der Waals surface area (Å²) in [6, 6.07) is 25.1. The van der Waals surface area contributed by atoms with Gasteiger partial charge in [0.2, 0.25) is 0 Å². The Morgan fingerprint density at radius 2 is 1.73 bits per heavy atom. The van der Waals surface area contributed by atoms with E-state index in [4.69, 9.17) is 13.9 Å². The summed E-state index contributed by atoms with van der Waals surface area (Å²) in [4.78, 5) is 13.0. The van der Waals surface area contributed by atoms with Crippen LogP contribution in [0.15, 0.2) is 83.3 Å². The lowest BCUT2D eigenvalue weighted by Crippen LogP contribution is -2.34. The van der Waals surface area contributed by atoms with E-state index < -0.39 is 0 Å². The number of hydrogen-bond acceptors (Lipinski definition) is 4. The number of para-hydroxylation sites is 3. The Morgan fingerprint density at radius 1 is 0.967 bits per heavy atom. The summed E-state index contributed by atoms with van der Waals surface area (Å²) < 4.78 is 17.7. The minimum atomic E-state index is -0.266. The summed E-state index contributed by atoms with van der Waals surface area (Å²) in [6.07, 6.45) is 0.695. The highest BCUT2D eigenvalue weighted by Crippen LogP contribution is 2.29. The van der Waals surface area contributed by atoms with Crippen LogP contribution in [0.3, 0.4) is 0 Å². The van der Waals surface area contributed by atoms with Crippen LogP contribution < -0.4 is 14.8 Å². The van der Waals surface area contributed by atoms with Gasteiger partial charge in [-0.25, -0.2) is 0 Å². The van der Waals surface area contributed by atoms with E-state index in [9.17, 15) is 4.79 Å². The normalized spacial score (nSPS) is 14.9. The zero-order chi connectivity index (χ0) is 20.3. The molecule has 30 heavy (non-hydrogen) atoms. The van der Waals surface area contributed by atoms with Crippen molar-refractivity contribution in [2.75, 3.05) is 6.54 Å². The SMILES string of the molecule is O=C(NCC1Cc2ccccc2O1)c1oc2ccccc2c1COc1ccccc1. The van der Waals surface area contributed by atoms with Gasteiger partial charge in [-0.15, -0.1) is 0 Å². The fourth-order valence-electron chi connectivity index (χ4n) is 3.75. The maximum atomic E-state index is 13.0. The predicted molar refractivity (Wildman–Crippen MR) is 114 cm³/mol. The fraction of sp³-hybridized carbons (Fsp3) is 0.160. The third-order valence-corrected chi connectivity index (χ3v) is 5.24. The van der Waals surface area contributed by atoms with Crippen LogP contribution in [-0.2, 0) is 13.0 Å². The van der Waals surface area contributed by atoms with Crippen LogP contribution in [0.5, 0.6) is 11.5 Å². The van der Waals surface area contributed by atoms with E-state index in [0.29, 0.717) is 12.1 Å². The quantitative estimate of drug-likeness (QED) is 0.509. The van der Waals surface area contributed by atoms with Gasteiger partial charge < -0.3 is 19.2 Å². The summed E-state index contributed by atoms with van der Waals surface area (Å²) in [6.45, 7) is 0.651. The Balaban J connectivity index is 1.32. The zero-order valence-electron chi connectivity index (χ0n) is 16.3. The molecule has 1 aliphatic rings. The molecule has 0 fully saturated rings. The smallest absolute Gasteiger partial charge is 0.287 e. The van der Waals surface area contributed by atoms with Crippen LogP contribution in [0.1, 0.15) is 21.7 Å². The van der Waals surface area contributed by atoms with Crippen LogP contribution >= 0.6 is 0 Å². The number of benzene rings is 3. The van der Waals surface area contributed by atoms with Crippen molar-refractivity contribution in [3.8, 4) is 11.5 Å². The van der Waals surface area contributed by atoms with Crippen molar-refractivity contribution in [1.82, 2.24) is 5.32 Å². The molecular formula is C25H21NO4. The lowest BCUT2D eigenvalue weighted by molar-refractivity contribution is 0.0904. The average Bonchev–Trinajstić information content (AvgIpc) is 3.38. The molecule has 1 unspecified atom stereocenters. The number of fused-ring (bicyclic) bond motifs is 2. The van der Waals surface area contributed by atoms with Gasteiger partial charge >= 0.3 is 0 Å². The topological polar surface area (TPSA) is 60.7 Å². The maximum absolute atomic E-state index is 13.0. The minimum Gasteiger partial charge on any atom is -0.489 e. The molecule has 150 valence electrons. The van der Waals surface area contributed by atoms with Gasteiger partial charge in [-0.3, -0.25) is 4.79 Å². The van der Waals surface area contributed by atoms with E-state index in [0.717, 1.165) is 34.4 Å². The van der Waals surface area contributed by atoms with Gasteiger partial charge in [-0.05, 0) is 29.8 Å². The molecule has 5 rings (SSSR count). The van der Waals surface area contributed by atoms with Crippen molar-refractivity contribution < 1.29 is 18.7 Å². The Kier molecular flexibility index (Phi) is 4.85. The monoisotopic (exact) mass is 399 g/mol. The van der Waals surface area contributed by atoms with Crippen molar-refractivity contribution >= 4 is 16.9 Å². The molecule has 2 heterocycles. The number of ether oxygens (including phenoxy) is 2. The molecule has 1 aliphatic heterocycles. The largest absolute Gasteiger partial charge is 0.489 e. The standard InChI is InChI=1S/C25H21NO4/c27-25(26-15-19-14-17-8-4-6-12-22(17)29-19)24-21(16-28-18-9-2-1-3-10-18)20-11-5-7-13-23(20)30-24/h1-13,19H,14-16H2,(H,26,27). The second-order valence-corrected chi connectivity index (χ2v) is 7.27. The van der Waals surface area contributed by atoms with Crippen LogP contribution in [-0.4, -0.2) is 18.6 Å². The van der Waals surface area contributed by atoms with Crippen molar-refractivity contribution in [2.24, 2.45) is 0 Å². The number of hydrogen-bond donors (Lipinski definition) is 1. The van der Waals surface area contributed by atoms with E-state index in [1.165, 1.54) is 0 Å². The van der Waals surface area contributed by atoms with E-state index in [1.54, 1.807) is 0 Å². The van der Waals surface area contributed by atoms with E-state index in [-0.39, 0.29) is 24.4 Å². The average molecular weight is 399 g/mol. The van der Waals surface area contributed by atoms with Crippen molar-refractivity contribution in [3.05, 3.63) is 95.7 Å². The molecule has 0 aliphatic carbocycles. The Labute approximate surface area is 174 Å². The van der Waals surface area contributed by atoms with Gasteiger partial charge in [0.05, 0.1) is 6.54 Å². The first-order valence-electron chi connectivity index (χ1n) is 9.99. The molecule has 0 bridgehead atoms. The summed E-state index contributed by atoms with van der Waals surface area (Å²) >= 11 is 0. The Morgan fingerprint density at radius 3 is 2.60 bits per heavy atom. The van der Waals surface area contributed by atoms with Gasteiger partial charge in [0.25, 0.3) is 5.91 Å². The van der Waals surface area contributed by atoms with Crippen molar-refractivity contribution in [2.45, 2.75) is 19.1 Å². The molecule has 4 aromatic rings. The first-order valence-corrected chi connectivity index (χ1v) is 9.99. The fourth-order valence-corrected chi connectivity index (χ4v) is 3.75. The molecule has 0 saturated carbocycles. The summed E-state index contributed by atoms with van der Waals surface area (Å²) in [5.74, 6) is 1.64. The highest BCUT2D eigenvalue weighted by Gasteiger charge is 2.25. The zero-order valence-corrected chi connectivity index (χ0v) is 16.3. The summed E-state index contributed by atoms with van der Waals surface area (Å²) in [5, 5.41) is 3.84. The van der Waals surface area contributed by atoms with Gasteiger partial charge in [0, 0.05) is 17.4 Å². The highest BCUT2D eigenvalue weighted by atomic mass is 16.5. The number of nitrogens with one attached hydrogen (secondary N) is 1. The molecular weight excluding hydrogens is 378 g/mol. The van der Waals surface area contributed by atoms with Crippen LogP contribution in [0.4, 0.5) is 0 Å². The molecule has 0 spiro atoms. The third-order valence-electron chi connectivity index (χ3n) is 5.24. The molecule has 0 radical (unpaired) electrons. The molecule has 5 nitrogen and oxygen atoms in total. The number of carbonyl (C=O) groups excluding carboxylic acids is 1. The summed E-state index contributed by atoms with van der Waals surface area (Å²) in [7, 11) is 0. The van der Waals surface area contributed by atoms with Crippen molar-refractivity contribution in [3.63, 3.8) is 0 Å². The van der Waals surface area contributed by atoms with Crippen LogP contribution in [0.25, 0.3) is 11.0 Å². The second-order valence-electron chi connectivity index (χ2n) is 7.27. The second kappa shape index (κ2) is 7.95. The third kappa shape index (κ3) is 3.62. The molecule has 1 amide bonds. The van der Waals surface area contributed by atoms with E-state index in [2.05, 4.69) is 11.4 Å². The minimum absolute atomic E-state index is 0.0836. The molecule has 1 aromatic heterocycles. The molecule has 1 atom stereocenters. The predicted octanol–water partition coefficient (Wildman–Crippen LogP) is 4.75. The Hall–Kier alpha value is -3.73.